The minimum atomic E-state index is -0.753. The van der Waals surface area contributed by atoms with Crippen molar-refractivity contribution in [3.8, 4) is 0 Å². The van der Waals surface area contributed by atoms with Crippen molar-refractivity contribution in [1.82, 2.24) is 0 Å². The molecule has 0 aromatic rings. The number of hydrogen-bond acceptors (Lipinski definition) is 3. The lowest BCUT2D eigenvalue weighted by molar-refractivity contribution is -0.490. The summed E-state index contributed by atoms with van der Waals surface area (Å²) in [6, 6.07) is 0. The smallest absolute Gasteiger partial charge is 0.229 e. The lowest BCUT2D eigenvalue weighted by Gasteiger charge is -2.04. The van der Waals surface area contributed by atoms with E-state index < -0.39 is 11.0 Å². The van der Waals surface area contributed by atoms with Crippen molar-refractivity contribution >= 4 is 0 Å². The molecule has 0 radical (unpaired) electrons. The molecule has 0 saturated heterocycles. The van der Waals surface area contributed by atoms with Gasteiger partial charge in [-0.05, 0) is 6.42 Å². The van der Waals surface area contributed by atoms with Gasteiger partial charge in [0.1, 0.15) is 6.10 Å². The third-order valence-electron chi connectivity index (χ3n) is 1.75. The summed E-state index contributed by atoms with van der Waals surface area (Å²) in [5, 5.41) is 19.0. The molecule has 1 N–H and O–H groups in total. The molecule has 0 aliphatic heterocycles. The summed E-state index contributed by atoms with van der Waals surface area (Å²) >= 11 is 0. The molecule has 0 aliphatic rings. The molecule has 72 valence electrons. The van der Waals surface area contributed by atoms with Gasteiger partial charge in [0.25, 0.3) is 0 Å². The molecule has 1 atom stereocenters. The normalized spacial score (nSPS) is 12.8. The van der Waals surface area contributed by atoms with E-state index in [0.717, 1.165) is 25.7 Å². The van der Waals surface area contributed by atoms with Gasteiger partial charge in [-0.3, -0.25) is 10.1 Å². The van der Waals surface area contributed by atoms with Gasteiger partial charge in [-0.1, -0.05) is 32.6 Å². The molecule has 0 heterocycles. The Kier molecular flexibility index (Phi) is 6.66. The number of nitro groups is 1. The zero-order valence-corrected chi connectivity index (χ0v) is 7.53. The fraction of sp³-hybridized carbons (Fsp3) is 1.00. The maximum atomic E-state index is 9.94. The van der Waals surface area contributed by atoms with Gasteiger partial charge in [0.2, 0.25) is 6.54 Å². The van der Waals surface area contributed by atoms with Crippen molar-refractivity contribution in [3.63, 3.8) is 0 Å². The topological polar surface area (TPSA) is 63.4 Å². The Morgan fingerprint density at radius 2 is 2.08 bits per heavy atom. The summed E-state index contributed by atoms with van der Waals surface area (Å²) in [4.78, 5) is 9.48. The number of aliphatic hydroxyl groups excluding tert-OH is 1. The first kappa shape index (κ1) is 11.4. The van der Waals surface area contributed by atoms with E-state index >= 15 is 0 Å². The highest BCUT2D eigenvalue weighted by atomic mass is 16.6. The van der Waals surface area contributed by atoms with Gasteiger partial charge in [-0.25, -0.2) is 0 Å². The second-order valence-corrected chi connectivity index (χ2v) is 3.02. The van der Waals surface area contributed by atoms with Crippen molar-refractivity contribution in [1.29, 1.82) is 0 Å². The first-order valence-electron chi connectivity index (χ1n) is 4.46. The SMILES string of the molecule is CCCCCC[C@H](O)C[N+](=O)[O-]. The van der Waals surface area contributed by atoms with Crippen LogP contribution in [0.15, 0.2) is 0 Å². The average molecular weight is 175 g/mol. The van der Waals surface area contributed by atoms with Crippen molar-refractivity contribution in [2.24, 2.45) is 0 Å². The zero-order chi connectivity index (χ0) is 9.40. The van der Waals surface area contributed by atoms with Crippen molar-refractivity contribution in [2.45, 2.75) is 45.1 Å². The fourth-order valence-corrected chi connectivity index (χ4v) is 1.07. The van der Waals surface area contributed by atoms with Crippen molar-refractivity contribution in [3.05, 3.63) is 10.1 Å². The Hall–Kier alpha value is -0.640. The molecular weight excluding hydrogens is 158 g/mol. The van der Waals surface area contributed by atoms with E-state index in [1.165, 1.54) is 0 Å². The maximum absolute atomic E-state index is 9.94. The Bertz CT molecular complexity index is 127. The second-order valence-electron chi connectivity index (χ2n) is 3.02. The van der Waals surface area contributed by atoms with Crippen molar-refractivity contribution in [2.75, 3.05) is 6.54 Å². The lowest BCUT2D eigenvalue weighted by atomic mass is 10.1. The summed E-state index contributed by atoms with van der Waals surface area (Å²) in [6.07, 6.45) is 4.04. The molecule has 0 rings (SSSR count). The Labute approximate surface area is 72.7 Å². The third kappa shape index (κ3) is 7.47. The van der Waals surface area contributed by atoms with Gasteiger partial charge >= 0.3 is 0 Å². The highest BCUT2D eigenvalue weighted by Gasteiger charge is 2.09. The summed E-state index contributed by atoms with van der Waals surface area (Å²) in [5.41, 5.74) is 0. The Morgan fingerprint density at radius 1 is 1.42 bits per heavy atom. The monoisotopic (exact) mass is 175 g/mol. The van der Waals surface area contributed by atoms with E-state index in [0.29, 0.717) is 6.42 Å². The standard InChI is InChI=1S/C8H17NO3/c1-2-3-4-5-6-8(10)7-9(11)12/h8,10H,2-7H2,1H3/t8-/m0/s1. The highest BCUT2D eigenvalue weighted by Crippen LogP contribution is 2.05. The van der Waals surface area contributed by atoms with Crippen LogP contribution in [0, 0.1) is 10.1 Å². The molecule has 0 aromatic carbocycles. The largest absolute Gasteiger partial charge is 0.386 e. The van der Waals surface area contributed by atoms with Gasteiger partial charge in [-0.15, -0.1) is 0 Å². The number of hydrogen-bond donors (Lipinski definition) is 1. The van der Waals surface area contributed by atoms with E-state index in [9.17, 15) is 10.1 Å². The quantitative estimate of drug-likeness (QED) is 0.363. The first-order chi connectivity index (χ1) is 5.66. The van der Waals surface area contributed by atoms with Crippen LogP contribution in [0.25, 0.3) is 0 Å². The van der Waals surface area contributed by atoms with Crippen LogP contribution in [0.2, 0.25) is 0 Å². The molecule has 0 spiro atoms. The third-order valence-corrected chi connectivity index (χ3v) is 1.75. The molecule has 0 saturated carbocycles. The lowest BCUT2D eigenvalue weighted by Crippen LogP contribution is -2.18. The van der Waals surface area contributed by atoms with E-state index in [2.05, 4.69) is 6.92 Å². The molecule has 0 amide bonds. The molecule has 0 unspecified atom stereocenters. The molecule has 0 aromatic heterocycles. The van der Waals surface area contributed by atoms with E-state index in [-0.39, 0.29) is 6.54 Å². The molecule has 12 heavy (non-hydrogen) atoms. The van der Waals surface area contributed by atoms with Crippen molar-refractivity contribution < 1.29 is 10.0 Å². The van der Waals surface area contributed by atoms with E-state index in [1.54, 1.807) is 0 Å². The summed E-state index contributed by atoms with van der Waals surface area (Å²) in [5.74, 6) is 0. The number of unbranched alkanes of at least 4 members (excludes halogenated alkanes) is 3. The molecule has 4 heteroatoms. The predicted molar refractivity (Wildman–Crippen MR) is 46.6 cm³/mol. The van der Waals surface area contributed by atoms with Crippen LogP contribution < -0.4 is 0 Å². The van der Waals surface area contributed by atoms with E-state index in [1.807, 2.05) is 0 Å². The van der Waals surface area contributed by atoms with Crippen LogP contribution in [0.5, 0.6) is 0 Å². The molecular formula is C8H17NO3. The first-order valence-corrected chi connectivity index (χ1v) is 4.46. The van der Waals surface area contributed by atoms with Gasteiger partial charge in [-0.2, -0.15) is 0 Å². The molecule has 0 aliphatic carbocycles. The van der Waals surface area contributed by atoms with Gasteiger partial charge in [0, 0.05) is 4.92 Å². The van der Waals surface area contributed by atoms with Crippen LogP contribution in [0.1, 0.15) is 39.0 Å². The molecule has 0 bridgehead atoms. The number of nitrogens with zero attached hydrogens (tertiary/aromatic N) is 1. The van der Waals surface area contributed by atoms with Crippen LogP contribution in [-0.2, 0) is 0 Å². The highest BCUT2D eigenvalue weighted by molar-refractivity contribution is 4.53. The molecule has 4 nitrogen and oxygen atoms in total. The Morgan fingerprint density at radius 3 is 2.58 bits per heavy atom. The van der Waals surface area contributed by atoms with Gasteiger partial charge in [0.15, 0.2) is 0 Å². The summed E-state index contributed by atoms with van der Waals surface area (Å²) in [6.45, 7) is 1.79. The number of rotatable bonds is 7. The van der Waals surface area contributed by atoms with E-state index in [4.69, 9.17) is 5.11 Å². The second kappa shape index (κ2) is 7.03. The van der Waals surface area contributed by atoms with Crippen LogP contribution in [-0.4, -0.2) is 22.7 Å². The summed E-state index contributed by atoms with van der Waals surface area (Å²) in [7, 11) is 0. The van der Waals surface area contributed by atoms with Gasteiger partial charge in [0.05, 0.1) is 0 Å². The minimum Gasteiger partial charge on any atom is -0.386 e. The molecule has 0 fully saturated rings. The maximum Gasteiger partial charge on any atom is 0.229 e. The predicted octanol–water partition coefficient (Wildman–Crippen LogP) is 1.59. The van der Waals surface area contributed by atoms with Gasteiger partial charge < -0.3 is 5.11 Å². The summed E-state index contributed by atoms with van der Waals surface area (Å²) < 4.78 is 0. The number of aliphatic hydroxyl groups is 1. The average Bonchev–Trinajstić information content (AvgIpc) is 1.97. The fourth-order valence-electron chi connectivity index (χ4n) is 1.07. The minimum absolute atomic E-state index is 0.313. The van der Waals surface area contributed by atoms with Crippen LogP contribution in [0.3, 0.4) is 0 Å². The van der Waals surface area contributed by atoms with Crippen LogP contribution in [0.4, 0.5) is 0 Å². The van der Waals surface area contributed by atoms with Crippen LogP contribution >= 0.6 is 0 Å². The Balaban J connectivity index is 3.19. The zero-order valence-electron chi connectivity index (χ0n) is 7.53.